The van der Waals surface area contributed by atoms with E-state index >= 15 is 0 Å². The Balaban J connectivity index is 2.68. The molecule has 0 saturated heterocycles. The number of hydrogen-bond acceptors (Lipinski definition) is 2. The highest BCUT2D eigenvalue weighted by atomic mass is 16.4. The highest BCUT2D eigenvalue weighted by molar-refractivity contribution is 5.93. The van der Waals surface area contributed by atoms with Crippen LogP contribution >= 0.6 is 0 Å². The van der Waals surface area contributed by atoms with Crippen molar-refractivity contribution in [1.82, 2.24) is 9.55 Å². The molecule has 4 heteroatoms. The van der Waals surface area contributed by atoms with Gasteiger partial charge in [-0.15, -0.1) is 0 Å². The summed E-state index contributed by atoms with van der Waals surface area (Å²) in [5, 5.41) is 9.09. The second-order valence-electron chi connectivity index (χ2n) is 3.59. The topological polar surface area (TPSA) is 55.1 Å². The second-order valence-corrected chi connectivity index (χ2v) is 3.59. The molecule has 0 aliphatic heterocycles. The smallest absolute Gasteiger partial charge is 0.356 e. The summed E-state index contributed by atoms with van der Waals surface area (Å²) in [6.45, 7) is 1.79. The van der Waals surface area contributed by atoms with Gasteiger partial charge in [0.25, 0.3) is 0 Å². The van der Waals surface area contributed by atoms with E-state index in [1.54, 1.807) is 11.5 Å². The van der Waals surface area contributed by atoms with Gasteiger partial charge in [-0.05, 0) is 6.92 Å². The summed E-state index contributed by atoms with van der Waals surface area (Å²) in [6.07, 6.45) is 0. The first-order chi connectivity index (χ1) is 7.61. The van der Waals surface area contributed by atoms with E-state index in [1.165, 1.54) is 0 Å². The van der Waals surface area contributed by atoms with Crippen LogP contribution in [0.1, 0.15) is 16.3 Å². The predicted molar refractivity (Wildman–Crippen MR) is 60.3 cm³/mol. The molecule has 1 aromatic carbocycles. The van der Waals surface area contributed by atoms with Gasteiger partial charge < -0.3 is 9.67 Å². The minimum absolute atomic E-state index is 0.103. The first-order valence-corrected chi connectivity index (χ1v) is 4.93. The largest absolute Gasteiger partial charge is 0.476 e. The maximum absolute atomic E-state index is 11.1. The fourth-order valence-corrected chi connectivity index (χ4v) is 1.69. The Kier molecular flexibility index (Phi) is 2.48. The van der Waals surface area contributed by atoms with E-state index in [9.17, 15) is 4.79 Å². The summed E-state index contributed by atoms with van der Waals surface area (Å²) in [5.41, 5.74) is 1.61. The third-order valence-electron chi connectivity index (χ3n) is 2.57. The number of rotatable bonds is 2. The number of aryl methyl sites for hydroxylation is 1. The van der Waals surface area contributed by atoms with Crippen LogP contribution in [-0.4, -0.2) is 20.6 Å². The lowest BCUT2D eigenvalue weighted by molar-refractivity contribution is 0.0692. The molecule has 0 aliphatic carbocycles. The lowest BCUT2D eigenvalue weighted by atomic mass is 10.1. The minimum atomic E-state index is -0.998. The summed E-state index contributed by atoms with van der Waals surface area (Å²) in [4.78, 5) is 15.1. The zero-order chi connectivity index (χ0) is 11.7. The SMILES string of the molecule is Cc1nc(C(=O)O)c(-c2ccccc2)n1C. The summed E-state index contributed by atoms with van der Waals surface area (Å²) < 4.78 is 1.79. The number of hydrogen-bond donors (Lipinski definition) is 1. The first-order valence-electron chi connectivity index (χ1n) is 4.93. The zero-order valence-electron chi connectivity index (χ0n) is 9.14. The van der Waals surface area contributed by atoms with Crippen LogP contribution in [0.4, 0.5) is 0 Å². The molecule has 0 unspecified atom stereocenters. The van der Waals surface area contributed by atoms with Crippen LogP contribution in [0.25, 0.3) is 11.3 Å². The molecule has 1 N–H and O–H groups in total. The zero-order valence-corrected chi connectivity index (χ0v) is 9.14. The lowest BCUT2D eigenvalue weighted by Gasteiger charge is -2.04. The van der Waals surface area contributed by atoms with Gasteiger partial charge in [0.05, 0.1) is 5.69 Å². The molecule has 0 bridgehead atoms. The average molecular weight is 216 g/mol. The molecule has 0 saturated carbocycles. The molecule has 0 spiro atoms. The Labute approximate surface area is 93.2 Å². The molecule has 2 aromatic rings. The Morgan fingerprint density at radius 1 is 1.31 bits per heavy atom. The van der Waals surface area contributed by atoms with E-state index in [2.05, 4.69) is 4.98 Å². The van der Waals surface area contributed by atoms with E-state index < -0.39 is 5.97 Å². The molecule has 0 aliphatic rings. The Bertz CT molecular complexity index is 529. The maximum atomic E-state index is 11.1. The van der Waals surface area contributed by atoms with Crippen LogP contribution in [0.3, 0.4) is 0 Å². The number of benzene rings is 1. The van der Waals surface area contributed by atoms with Gasteiger partial charge in [-0.2, -0.15) is 0 Å². The molecule has 2 rings (SSSR count). The van der Waals surface area contributed by atoms with Crippen molar-refractivity contribution >= 4 is 5.97 Å². The third-order valence-corrected chi connectivity index (χ3v) is 2.57. The van der Waals surface area contributed by atoms with Crippen LogP contribution in [0, 0.1) is 6.92 Å². The van der Waals surface area contributed by atoms with Crippen molar-refractivity contribution in [3.63, 3.8) is 0 Å². The Morgan fingerprint density at radius 2 is 1.94 bits per heavy atom. The highest BCUT2D eigenvalue weighted by Crippen LogP contribution is 2.23. The number of aromatic carboxylic acids is 1. The van der Waals surface area contributed by atoms with E-state index in [1.807, 2.05) is 37.4 Å². The van der Waals surface area contributed by atoms with Crippen molar-refractivity contribution in [1.29, 1.82) is 0 Å². The highest BCUT2D eigenvalue weighted by Gasteiger charge is 2.19. The molecule has 16 heavy (non-hydrogen) atoms. The molecular formula is C12H12N2O2. The van der Waals surface area contributed by atoms with Crippen molar-refractivity contribution in [2.24, 2.45) is 7.05 Å². The van der Waals surface area contributed by atoms with Gasteiger partial charge in [0, 0.05) is 12.6 Å². The van der Waals surface area contributed by atoms with Crippen LogP contribution in [0.15, 0.2) is 30.3 Å². The van der Waals surface area contributed by atoms with Crippen LogP contribution in [-0.2, 0) is 7.05 Å². The fourth-order valence-electron chi connectivity index (χ4n) is 1.69. The van der Waals surface area contributed by atoms with Crippen molar-refractivity contribution in [3.05, 3.63) is 41.9 Å². The average Bonchev–Trinajstić information content (AvgIpc) is 2.57. The van der Waals surface area contributed by atoms with E-state index in [-0.39, 0.29) is 5.69 Å². The Hall–Kier alpha value is -2.10. The molecule has 1 aromatic heterocycles. The van der Waals surface area contributed by atoms with Gasteiger partial charge in [-0.25, -0.2) is 9.78 Å². The third kappa shape index (κ3) is 1.58. The first kappa shape index (κ1) is 10.4. The molecule has 0 atom stereocenters. The minimum Gasteiger partial charge on any atom is -0.476 e. The van der Waals surface area contributed by atoms with Gasteiger partial charge in [0.2, 0.25) is 0 Å². The predicted octanol–water partition coefficient (Wildman–Crippen LogP) is 2.09. The van der Waals surface area contributed by atoms with Crippen LogP contribution in [0.2, 0.25) is 0 Å². The van der Waals surface area contributed by atoms with Gasteiger partial charge in [0.15, 0.2) is 5.69 Å². The van der Waals surface area contributed by atoms with Crippen molar-refractivity contribution < 1.29 is 9.90 Å². The monoisotopic (exact) mass is 216 g/mol. The van der Waals surface area contributed by atoms with E-state index in [4.69, 9.17) is 5.11 Å². The number of carboxylic acids is 1. The van der Waals surface area contributed by atoms with E-state index in [0.29, 0.717) is 11.5 Å². The second kappa shape index (κ2) is 3.81. The van der Waals surface area contributed by atoms with Gasteiger partial charge >= 0.3 is 5.97 Å². The molecule has 0 radical (unpaired) electrons. The summed E-state index contributed by atoms with van der Waals surface area (Å²) >= 11 is 0. The molecule has 0 amide bonds. The van der Waals surface area contributed by atoms with Gasteiger partial charge in [0.1, 0.15) is 5.82 Å². The van der Waals surface area contributed by atoms with Crippen molar-refractivity contribution in [2.45, 2.75) is 6.92 Å². The van der Waals surface area contributed by atoms with E-state index in [0.717, 1.165) is 5.56 Å². The number of carbonyl (C=O) groups is 1. The standard InChI is InChI=1S/C12H12N2O2/c1-8-13-10(12(15)16)11(14(8)2)9-6-4-3-5-7-9/h3-7H,1-2H3,(H,15,16). The number of carboxylic acid groups (broad SMARTS) is 1. The van der Waals surface area contributed by atoms with Gasteiger partial charge in [-0.3, -0.25) is 0 Å². The summed E-state index contributed by atoms with van der Waals surface area (Å²) in [7, 11) is 1.82. The molecule has 4 nitrogen and oxygen atoms in total. The molecule has 1 heterocycles. The van der Waals surface area contributed by atoms with Crippen LogP contribution < -0.4 is 0 Å². The quantitative estimate of drug-likeness (QED) is 0.836. The lowest BCUT2D eigenvalue weighted by Crippen LogP contribution is -2.01. The summed E-state index contributed by atoms with van der Waals surface area (Å²) in [6, 6.07) is 9.41. The maximum Gasteiger partial charge on any atom is 0.356 e. The molecule has 82 valence electrons. The number of aromatic nitrogens is 2. The van der Waals surface area contributed by atoms with Gasteiger partial charge in [-0.1, -0.05) is 30.3 Å². The number of nitrogens with zero attached hydrogens (tertiary/aromatic N) is 2. The Morgan fingerprint density at radius 3 is 2.50 bits per heavy atom. The molecular weight excluding hydrogens is 204 g/mol. The van der Waals surface area contributed by atoms with Crippen molar-refractivity contribution in [3.8, 4) is 11.3 Å². The van der Waals surface area contributed by atoms with Crippen LogP contribution in [0.5, 0.6) is 0 Å². The van der Waals surface area contributed by atoms with Crippen molar-refractivity contribution in [2.75, 3.05) is 0 Å². The fraction of sp³-hybridized carbons (Fsp3) is 0.167. The summed E-state index contributed by atoms with van der Waals surface area (Å²) in [5.74, 6) is -0.307. The molecule has 0 fully saturated rings. The normalized spacial score (nSPS) is 10.4. The number of imidazole rings is 1.